The minimum Gasteiger partial charge on any atom is -0.334 e. The number of hydrogen-bond acceptors (Lipinski definition) is 7. The molecule has 1 aromatic carbocycles. The predicted octanol–water partition coefficient (Wildman–Crippen LogP) is 4.09. The minimum absolute atomic E-state index is 0.414. The van der Waals surface area contributed by atoms with E-state index < -0.39 is 0 Å². The lowest BCUT2D eigenvalue weighted by atomic mass is 10.2. The first kappa shape index (κ1) is 15.4. The third kappa shape index (κ3) is 3.53. The summed E-state index contributed by atoms with van der Waals surface area (Å²) in [5.74, 6) is 1.37. The quantitative estimate of drug-likeness (QED) is 0.557. The summed E-state index contributed by atoms with van der Waals surface area (Å²) < 4.78 is 6.26. The first-order valence-electron chi connectivity index (χ1n) is 7.38. The van der Waals surface area contributed by atoms with Gasteiger partial charge in [-0.1, -0.05) is 11.2 Å². The van der Waals surface area contributed by atoms with Crippen LogP contribution in [0.25, 0.3) is 23.0 Å². The van der Waals surface area contributed by atoms with Gasteiger partial charge >= 0.3 is 0 Å². The molecule has 0 aliphatic rings. The number of hydrogen-bond donors (Lipinski definition) is 1. The normalized spacial score (nSPS) is 10.6. The molecule has 0 atom stereocenters. The van der Waals surface area contributed by atoms with Gasteiger partial charge in [0.25, 0.3) is 5.89 Å². The standard InChI is InChI=1S/C17H11BrN6O/c18-12-5-6-14(21-10-12)15-23-16(25-24-15)11-3-1-4-13(9-11)22-17-19-7-2-8-20-17/h1-10H,(H,19,20,22). The highest BCUT2D eigenvalue weighted by atomic mass is 79.9. The molecule has 0 bridgehead atoms. The molecule has 0 amide bonds. The van der Waals surface area contributed by atoms with Crippen LogP contribution in [0.3, 0.4) is 0 Å². The number of halogens is 1. The average molecular weight is 395 g/mol. The van der Waals surface area contributed by atoms with Crippen molar-refractivity contribution in [2.24, 2.45) is 0 Å². The third-order valence-corrected chi connectivity index (χ3v) is 3.78. The SMILES string of the molecule is Brc1ccc(-c2noc(-c3cccc(Nc4ncccn4)c3)n2)nc1. The Morgan fingerprint density at radius 3 is 2.64 bits per heavy atom. The van der Waals surface area contributed by atoms with E-state index in [-0.39, 0.29) is 0 Å². The molecule has 0 saturated heterocycles. The van der Waals surface area contributed by atoms with E-state index in [1.54, 1.807) is 24.7 Å². The van der Waals surface area contributed by atoms with Gasteiger partial charge < -0.3 is 9.84 Å². The average Bonchev–Trinajstić information content (AvgIpc) is 3.14. The van der Waals surface area contributed by atoms with Gasteiger partial charge in [-0.25, -0.2) is 9.97 Å². The zero-order valence-corrected chi connectivity index (χ0v) is 14.4. The van der Waals surface area contributed by atoms with Crippen molar-refractivity contribution in [3.05, 3.63) is 65.5 Å². The van der Waals surface area contributed by atoms with E-state index >= 15 is 0 Å². The number of aromatic nitrogens is 5. The largest absolute Gasteiger partial charge is 0.334 e. The van der Waals surface area contributed by atoms with Crippen molar-refractivity contribution in [3.63, 3.8) is 0 Å². The number of pyridine rings is 1. The number of rotatable bonds is 4. The molecular formula is C17H11BrN6O. The van der Waals surface area contributed by atoms with Crippen molar-refractivity contribution < 1.29 is 4.52 Å². The van der Waals surface area contributed by atoms with Crippen molar-refractivity contribution in [3.8, 4) is 23.0 Å². The van der Waals surface area contributed by atoms with E-state index in [2.05, 4.69) is 46.3 Å². The highest BCUT2D eigenvalue weighted by molar-refractivity contribution is 9.10. The molecule has 25 heavy (non-hydrogen) atoms. The van der Waals surface area contributed by atoms with Gasteiger partial charge in [0.1, 0.15) is 5.69 Å². The fourth-order valence-corrected chi connectivity index (χ4v) is 2.41. The monoisotopic (exact) mass is 394 g/mol. The van der Waals surface area contributed by atoms with E-state index in [0.29, 0.717) is 23.4 Å². The second kappa shape index (κ2) is 6.78. The highest BCUT2D eigenvalue weighted by Gasteiger charge is 2.12. The van der Waals surface area contributed by atoms with Crippen molar-refractivity contribution in [1.82, 2.24) is 25.1 Å². The van der Waals surface area contributed by atoms with E-state index in [1.807, 2.05) is 36.4 Å². The molecule has 3 aromatic heterocycles. The van der Waals surface area contributed by atoms with E-state index in [1.165, 1.54) is 0 Å². The molecule has 4 rings (SSSR count). The summed E-state index contributed by atoms with van der Waals surface area (Å²) in [7, 11) is 0. The molecule has 122 valence electrons. The predicted molar refractivity (Wildman–Crippen MR) is 96.0 cm³/mol. The Balaban J connectivity index is 1.60. The van der Waals surface area contributed by atoms with E-state index in [4.69, 9.17) is 4.52 Å². The van der Waals surface area contributed by atoms with Gasteiger partial charge in [0.15, 0.2) is 0 Å². The van der Waals surface area contributed by atoms with Crippen LogP contribution in [0.1, 0.15) is 0 Å². The summed E-state index contributed by atoms with van der Waals surface area (Å²) in [6.45, 7) is 0. The Labute approximate surface area is 151 Å². The molecule has 0 aliphatic heterocycles. The maximum atomic E-state index is 5.37. The molecular weight excluding hydrogens is 384 g/mol. The number of nitrogens with one attached hydrogen (secondary N) is 1. The maximum absolute atomic E-state index is 5.37. The zero-order valence-electron chi connectivity index (χ0n) is 12.8. The summed E-state index contributed by atoms with van der Waals surface area (Å²) >= 11 is 3.35. The summed E-state index contributed by atoms with van der Waals surface area (Å²) in [6.07, 6.45) is 5.04. The van der Waals surface area contributed by atoms with Crippen LogP contribution in [0.15, 0.2) is 70.1 Å². The molecule has 8 heteroatoms. The topological polar surface area (TPSA) is 89.6 Å². The van der Waals surface area contributed by atoms with Gasteiger partial charge in [0.05, 0.1) is 0 Å². The number of nitrogens with zero attached hydrogens (tertiary/aromatic N) is 5. The van der Waals surface area contributed by atoms with Crippen LogP contribution in [0.4, 0.5) is 11.6 Å². The van der Waals surface area contributed by atoms with Crippen LogP contribution < -0.4 is 5.32 Å². The second-order valence-corrected chi connectivity index (χ2v) is 5.98. The highest BCUT2D eigenvalue weighted by Crippen LogP contribution is 2.25. The Morgan fingerprint density at radius 1 is 0.960 bits per heavy atom. The molecule has 7 nitrogen and oxygen atoms in total. The Kier molecular flexibility index (Phi) is 4.17. The maximum Gasteiger partial charge on any atom is 0.258 e. The Hall–Kier alpha value is -3.13. The van der Waals surface area contributed by atoms with Crippen molar-refractivity contribution in [1.29, 1.82) is 0 Å². The molecule has 0 saturated carbocycles. The summed E-state index contributed by atoms with van der Waals surface area (Å²) in [5.41, 5.74) is 2.26. The van der Waals surface area contributed by atoms with Gasteiger partial charge in [0.2, 0.25) is 11.8 Å². The lowest BCUT2D eigenvalue weighted by molar-refractivity contribution is 0.432. The van der Waals surface area contributed by atoms with Gasteiger partial charge in [0, 0.05) is 34.3 Å². The molecule has 4 aromatic rings. The van der Waals surface area contributed by atoms with Crippen molar-refractivity contribution in [2.45, 2.75) is 0 Å². The molecule has 0 radical (unpaired) electrons. The van der Waals surface area contributed by atoms with Gasteiger partial charge in [-0.05, 0) is 52.3 Å². The molecule has 0 unspecified atom stereocenters. The van der Waals surface area contributed by atoms with Crippen LogP contribution >= 0.6 is 15.9 Å². The van der Waals surface area contributed by atoms with Gasteiger partial charge in [-0.15, -0.1) is 0 Å². The lowest BCUT2D eigenvalue weighted by Crippen LogP contribution is -1.95. The number of anilines is 2. The van der Waals surface area contributed by atoms with Crippen LogP contribution in [0.5, 0.6) is 0 Å². The summed E-state index contributed by atoms with van der Waals surface area (Å²) in [5, 5.41) is 7.13. The molecule has 0 spiro atoms. The fourth-order valence-electron chi connectivity index (χ4n) is 2.18. The summed E-state index contributed by atoms with van der Waals surface area (Å²) in [4.78, 5) is 17.0. The van der Waals surface area contributed by atoms with Crippen LogP contribution in [-0.4, -0.2) is 25.1 Å². The zero-order chi connectivity index (χ0) is 17.1. The number of benzene rings is 1. The van der Waals surface area contributed by atoms with Gasteiger partial charge in [-0.2, -0.15) is 4.98 Å². The van der Waals surface area contributed by atoms with Crippen molar-refractivity contribution >= 4 is 27.6 Å². The van der Waals surface area contributed by atoms with Crippen LogP contribution in [0.2, 0.25) is 0 Å². The second-order valence-electron chi connectivity index (χ2n) is 5.06. The molecule has 1 N–H and O–H groups in total. The summed E-state index contributed by atoms with van der Waals surface area (Å²) in [6, 6.07) is 13.0. The first-order chi connectivity index (χ1) is 12.3. The molecule has 0 aliphatic carbocycles. The fraction of sp³-hybridized carbons (Fsp3) is 0. The first-order valence-corrected chi connectivity index (χ1v) is 8.17. The third-order valence-electron chi connectivity index (χ3n) is 3.31. The smallest absolute Gasteiger partial charge is 0.258 e. The van der Waals surface area contributed by atoms with E-state index in [9.17, 15) is 0 Å². The lowest BCUT2D eigenvalue weighted by Gasteiger charge is -2.04. The van der Waals surface area contributed by atoms with Crippen molar-refractivity contribution in [2.75, 3.05) is 5.32 Å². The Bertz CT molecular complexity index is 987. The molecule has 3 heterocycles. The minimum atomic E-state index is 0.414. The van der Waals surface area contributed by atoms with Crippen LogP contribution in [-0.2, 0) is 0 Å². The van der Waals surface area contributed by atoms with Crippen LogP contribution in [0, 0.1) is 0 Å². The van der Waals surface area contributed by atoms with E-state index in [0.717, 1.165) is 15.7 Å². The molecule has 0 fully saturated rings. The van der Waals surface area contributed by atoms with Gasteiger partial charge in [-0.3, -0.25) is 4.98 Å². The Morgan fingerprint density at radius 2 is 1.84 bits per heavy atom.